The molecule has 0 radical (unpaired) electrons. The van der Waals surface area contributed by atoms with Crippen LogP contribution in [0.5, 0.6) is 0 Å². The Morgan fingerprint density at radius 2 is 1.70 bits per heavy atom. The maximum Gasteiger partial charge on any atom is 0.0108 e. The van der Waals surface area contributed by atoms with Crippen molar-refractivity contribution in [2.24, 2.45) is 0 Å². The van der Waals surface area contributed by atoms with E-state index < -0.39 is 0 Å². The lowest BCUT2D eigenvalue weighted by molar-refractivity contribution is 0.200. The van der Waals surface area contributed by atoms with Crippen molar-refractivity contribution in [3.05, 3.63) is 48.0 Å². The van der Waals surface area contributed by atoms with Crippen LogP contribution in [0.4, 0.5) is 0 Å². The van der Waals surface area contributed by atoms with Crippen LogP contribution in [0.1, 0.15) is 19.4 Å². The Morgan fingerprint density at radius 1 is 1.00 bits per heavy atom. The summed E-state index contributed by atoms with van der Waals surface area (Å²) in [5.41, 5.74) is 1.64. The van der Waals surface area contributed by atoms with E-state index in [9.17, 15) is 0 Å². The number of hydrogen-bond acceptors (Lipinski definition) is 2. The zero-order chi connectivity index (χ0) is 14.0. The van der Waals surface area contributed by atoms with Crippen LogP contribution < -0.4 is 5.32 Å². The fraction of sp³-hybridized carbons (Fsp3) is 0.444. The second kappa shape index (κ2) is 5.55. The summed E-state index contributed by atoms with van der Waals surface area (Å²) in [6.45, 7) is 10.4. The number of benzene rings is 2. The highest BCUT2D eigenvalue weighted by Crippen LogP contribution is 2.27. The Morgan fingerprint density at radius 3 is 2.45 bits per heavy atom. The molecule has 0 spiro atoms. The van der Waals surface area contributed by atoms with Gasteiger partial charge in [0.05, 0.1) is 0 Å². The lowest BCUT2D eigenvalue weighted by Crippen LogP contribution is -2.47. The van der Waals surface area contributed by atoms with E-state index in [1.807, 2.05) is 0 Å². The van der Waals surface area contributed by atoms with E-state index in [4.69, 9.17) is 0 Å². The van der Waals surface area contributed by atoms with Gasteiger partial charge in [-0.2, -0.15) is 0 Å². The molecule has 0 amide bonds. The molecule has 0 aromatic heterocycles. The molecular formula is C18H24N2. The normalized spacial score (nSPS) is 17.5. The van der Waals surface area contributed by atoms with Gasteiger partial charge in [0.15, 0.2) is 0 Å². The Bertz CT molecular complexity index is 583. The fourth-order valence-corrected chi connectivity index (χ4v) is 3.13. The molecule has 0 aliphatic carbocycles. The van der Waals surface area contributed by atoms with Crippen LogP contribution in [0.15, 0.2) is 42.5 Å². The van der Waals surface area contributed by atoms with E-state index in [2.05, 4.69) is 66.5 Å². The molecule has 0 atom stereocenters. The second-order valence-electron chi connectivity index (χ2n) is 6.47. The summed E-state index contributed by atoms with van der Waals surface area (Å²) in [6.07, 6.45) is 0. The Kier molecular flexibility index (Phi) is 3.77. The molecule has 1 saturated heterocycles. The zero-order valence-corrected chi connectivity index (χ0v) is 12.5. The van der Waals surface area contributed by atoms with Gasteiger partial charge in [0, 0.05) is 38.1 Å². The van der Waals surface area contributed by atoms with E-state index in [0.717, 1.165) is 32.7 Å². The first-order chi connectivity index (χ1) is 9.65. The van der Waals surface area contributed by atoms with E-state index in [1.165, 1.54) is 16.3 Å². The Balaban J connectivity index is 1.83. The average Bonchev–Trinajstić information content (AvgIpc) is 2.47. The molecule has 1 N–H and O–H groups in total. The van der Waals surface area contributed by atoms with E-state index in [1.54, 1.807) is 0 Å². The Labute approximate surface area is 121 Å². The van der Waals surface area contributed by atoms with Crippen molar-refractivity contribution in [3.8, 4) is 0 Å². The quantitative estimate of drug-likeness (QED) is 0.920. The number of fused-ring (bicyclic) bond motifs is 1. The van der Waals surface area contributed by atoms with Crippen molar-refractivity contribution in [2.45, 2.75) is 19.3 Å². The van der Waals surface area contributed by atoms with Crippen LogP contribution in [0, 0.1) is 0 Å². The molecular weight excluding hydrogens is 244 g/mol. The molecule has 2 nitrogen and oxygen atoms in total. The largest absolute Gasteiger partial charge is 0.314 e. The SMILES string of the molecule is CC(C)(CN1CCNCC1)c1ccc2ccccc2c1. The van der Waals surface area contributed by atoms with Crippen LogP contribution in [0.2, 0.25) is 0 Å². The average molecular weight is 268 g/mol. The minimum atomic E-state index is 0.196. The van der Waals surface area contributed by atoms with Gasteiger partial charge in [0.2, 0.25) is 0 Å². The number of rotatable bonds is 3. The van der Waals surface area contributed by atoms with Gasteiger partial charge in [-0.3, -0.25) is 4.90 Å². The maximum absolute atomic E-state index is 3.42. The van der Waals surface area contributed by atoms with Gasteiger partial charge in [-0.05, 0) is 16.3 Å². The number of hydrogen-bond donors (Lipinski definition) is 1. The lowest BCUT2D eigenvalue weighted by atomic mass is 9.83. The van der Waals surface area contributed by atoms with Gasteiger partial charge >= 0.3 is 0 Å². The van der Waals surface area contributed by atoms with Gasteiger partial charge in [-0.15, -0.1) is 0 Å². The van der Waals surface area contributed by atoms with Crippen LogP contribution in [0.25, 0.3) is 10.8 Å². The molecule has 106 valence electrons. The molecule has 0 bridgehead atoms. The van der Waals surface area contributed by atoms with Gasteiger partial charge in [0.1, 0.15) is 0 Å². The molecule has 3 rings (SSSR count). The van der Waals surface area contributed by atoms with E-state index in [0.29, 0.717) is 0 Å². The molecule has 0 saturated carbocycles. The summed E-state index contributed by atoms with van der Waals surface area (Å²) in [7, 11) is 0. The monoisotopic (exact) mass is 268 g/mol. The van der Waals surface area contributed by atoms with E-state index in [-0.39, 0.29) is 5.41 Å². The topological polar surface area (TPSA) is 15.3 Å². The molecule has 2 aromatic carbocycles. The highest BCUT2D eigenvalue weighted by molar-refractivity contribution is 5.83. The van der Waals surface area contributed by atoms with Gasteiger partial charge < -0.3 is 5.32 Å². The van der Waals surface area contributed by atoms with Crippen LogP contribution >= 0.6 is 0 Å². The van der Waals surface area contributed by atoms with Crippen molar-refractivity contribution < 1.29 is 0 Å². The zero-order valence-electron chi connectivity index (χ0n) is 12.5. The van der Waals surface area contributed by atoms with Gasteiger partial charge in [-0.25, -0.2) is 0 Å². The summed E-state index contributed by atoms with van der Waals surface area (Å²) in [4.78, 5) is 2.58. The highest BCUT2D eigenvalue weighted by atomic mass is 15.2. The fourth-order valence-electron chi connectivity index (χ4n) is 3.13. The van der Waals surface area contributed by atoms with Crippen molar-refractivity contribution in [3.63, 3.8) is 0 Å². The molecule has 1 aliphatic heterocycles. The minimum absolute atomic E-state index is 0.196. The van der Waals surface area contributed by atoms with Crippen LogP contribution in [-0.4, -0.2) is 37.6 Å². The molecule has 2 heteroatoms. The number of piperazine rings is 1. The van der Waals surface area contributed by atoms with Crippen molar-refractivity contribution >= 4 is 10.8 Å². The summed E-state index contributed by atoms with van der Waals surface area (Å²) in [5, 5.41) is 6.10. The van der Waals surface area contributed by atoms with Crippen molar-refractivity contribution in [2.75, 3.05) is 32.7 Å². The first-order valence-electron chi connectivity index (χ1n) is 7.57. The first kappa shape index (κ1) is 13.6. The van der Waals surface area contributed by atoms with Crippen molar-refractivity contribution in [1.82, 2.24) is 10.2 Å². The molecule has 0 unspecified atom stereocenters. The third-order valence-corrected chi connectivity index (χ3v) is 4.36. The molecule has 1 fully saturated rings. The van der Waals surface area contributed by atoms with E-state index >= 15 is 0 Å². The minimum Gasteiger partial charge on any atom is -0.314 e. The summed E-state index contributed by atoms with van der Waals surface area (Å²) >= 11 is 0. The van der Waals surface area contributed by atoms with Crippen molar-refractivity contribution in [1.29, 1.82) is 0 Å². The predicted molar refractivity (Wildman–Crippen MR) is 86.3 cm³/mol. The standard InChI is InChI=1S/C18H24N2/c1-18(2,14-20-11-9-19-10-12-20)17-8-7-15-5-3-4-6-16(15)13-17/h3-8,13,19H,9-12,14H2,1-2H3. The Hall–Kier alpha value is -1.38. The molecule has 1 heterocycles. The summed E-state index contributed by atoms with van der Waals surface area (Å²) in [5.74, 6) is 0. The summed E-state index contributed by atoms with van der Waals surface area (Å²) in [6, 6.07) is 15.5. The number of nitrogens with one attached hydrogen (secondary N) is 1. The third kappa shape index (κ3) is 2.87. The van der Waals surface area contributed by atoms with Gasteiger partial charge in [0.25, 0.3) is 0 Å². The van der Waals surface area contributed by atoms with Gasteiger partial charge in [-0.1, -0.05) is 56.3 Å². The highest BCUT2D eigenvalue weighted by Gasteiger charge is 2.24. The molecule has 1 aliphatic rings. The van der Waals surface area contributed by atoms with Crippen LogP contribution in [0.3, 0.4) is 0 Å². The first-order valence-corrected chi connectivity index (χ1v) is 7.57. The second-order valence-corrected chi connectivity index (χ2v) is 6.47. The molecule has 20 heavy (non-hydrogen) atoms. The molecule has 2 aromatic rings. The lowest BCUT2D eigenvalue weighted by Gasteiger charge is -2.35. The maximum atomic E-state index is 3.42. The predicted octanol–water partition coefficient (Wildman–Crippen LogP) is 3.02. The smallest absolute Gasteiger partial charge is 0.0108 e. The third-order valence-electron chi connectivity index (χ3n) is 4.36. The number of nitrogens with zero attached hydrogens (tertiary/aromatic N) is 1. The summed E-state index contributed by atoms with van der Waals surface area (Å²) < 4.78 is 0. The van der Waals surface area contributed by atoms with Crippen LogP contribution in [-0.2, 0) is 5.41 Å².